The SMILES string of the molecule is C=CC(=O)N1CC2(CC(n3nc(N4CC=C(CN5CCOCC5)CC4(C)C)c(-c4c(Cl)c(Cl)cc5[nH]ncc45)c3C)C2)C1. The van der Waals surface area contributed by atoms with E-state index < -0.39 is 0 Å². The van der Waals surface area contributed by atoms with Crippen molar-refractivity contribution in [3.63, 3.8) is 0 Å². The van der Waals surface area contributed by atoms with Crippen molar-refractivity contribution >= 4 is 45.8 Å². The van der Waals surface area contributed by atoms with Crippen molar-refractivity contribution < 1.29 is 9.53 Å². The molecule has 1 aliphatic carbocycles. The Bertz CT molecular complexity index is 1620. The minimum absolute atomic E-state index is 0.0158. The number of ether oxygens (including phenoxy) is 1. The second-order valence-corrected chi connectivity index (χ2v) is 14.2. The molecule has 2 aromatic heterocycles. The molecule has 43 heavy (non-hydrogen) atoms. The Morgan fingerprint density at radius 2 is 1.95 bits per heavy atom. The Kier molecular flexibility index (Phi) is 7.16. The second-order valence-electron chi connectivity index (χ2n) is 13.4. The van der Waals surface area contributed by atoms with E-state index in [9.17, 15) is 4.79 Å². The van der Waals surface area contributed by atoms with E-state index in [1.54, 1.807) is 0 Å². The van der Waals surface area contributed by atoms with Gasteiger partial charge >= 0.3 is 0 Å². The van der Waals surface area contributed by atoms with Gasteiger partial charge in [-0.1, -0.05) is 41.4 Å². The minimum Gasteiger partial charge on any atom is -0.379 e. The molecular weight excluding hydrogens is 585 g/mol. The number of amides is 1. The van der Waals surface area contributed by atoms with Gasteiger partial charge in [0.15, 0.2) is 5.82 Å². The van der Waals surface area contributed by atoms with Crippen LogP contribution in [-0.4, -0.2) is 93.7 Å². The molecule has 3 aromatic rings. The summed E-state index contributed by atoms with van der Waals surface area (Å²) in [5, 5.41) is 14.7. The number of hydrogen-bond acceptors (Lipinski definition) is 6. The molecule has 0 unspecified atom stereocenters. The molecule has 0 atom stereocenters. The van der Waals surface area contributed by atoms with E-state index in [-0.39, 0.29) is 22.9 Å². The van der Waals surface area contributed by atoms with Gasteiger partial charge in [0.05, 0.1) is 41.0 Å². The lowest BCUT2D eigenvalue weighted by atomic mass is 9.60. The van der Waals surface area contributed by atoms with Crippen LogP contribution in [0, 0.1) is 12.3 Å². The van der Waals surface area contributed by atoms with Gasteiger partial charge in [0.1, 0.15) is 0 Å². The largest absolute Gasteiger partial charge is 0.379 e. The number of nitrogens with zero attached hydrogens (tertiary/aromatic N) is 6. The quantitative estimate of drug-likeness (QED) is 0.283. The summed E-state index contributed by atoms with van der Waals surface area (Å²) in [7, 11) is 0. The average molecular weight is 625 g/mol. The number of rotatable bonds is 6. The zero-order valence-electron chi connectivity index (χ0n) is 25.1. The highest BCUT2D eigenvalue weighted by Crippen LogP contribution is 2.56. The van der Waals surface area contributed by atoms with Crippen LogP contribution < -0.4 is 4.90 Å². The number of anilines is 1. The van der Waals surface area contributed by atoms with Crippen molar-refractivity contribution in [3.8, 4) is 11.1 Å². The highest BCUT2D eigenvalue weighted by Gasteiger charge is 2.54. The molecule has 5 heterocycles. The summed E-state index contributed by atoms with van der Waals surface area (Å²) < 4.78 is 7.77. The van der Waals surface area contributed by atoms with E-state index in [1.165, 1.54) is 11.6 Å². The van der Waals surface area contributed by atoms with Crippen LogP contribution in [0.4, 0.5) is 5.82 Å². The van der Waals surface area contributed by atoms with Gasteiger partial charge < -0.3 is 14.5 Å². The maximum absolute atomic E-state index is 12.1. The number of halogens is 2. The molecule has 1 saturated carbocycles. The number of benzene rings is 1. The molecule has 1 spiro atoms. The maximum Gasteiger partial charge on any atom is 0.245 e. The summed E-state index contributed by atoms with van der Waals surface area (Å²) in [6.45, 7) is 17.3. The number of aromatic amines is 1. The van der Waals surface area contributed by atoms with Crippen molar-refractivity contribution in [3.05, 3.63) is 52.3 Å². The summed E-state index contributed by atoms with van der Waals surface area (Å²) >= 11 is 13.7. The van der Waals surface area contributed by atoms with Crippen LogP contribution in [0.25, 0.3) is 22.0 Å². The molecule has 4 aliphatic rings. The van der Waals surface area contributed by atoms with E-state index in [4.69, 9.17) is 33.0 Å². The Hall–Kier alpha value is -2.85. The van der Waals surface area contributed by atoms with Crippen LogP contribution in [0.3, 0.4) is 0 Å². The monoisotopic (exact) mass is 623 g/mol. The Morgan fingerprint density at radius 3 is 2.65 bits per heavy atom. The molecule has 3 fully saturated rings. The summed E-state index contributed by atoms with van der Waals surface area (Å²) in [6, 6.07) is 2.09. The number of morpholine rings is 1. The molecule has 0 bridgehead atoms. The standard InChI is InChI=1S/C32H39Cl2N7O2/c1-5-26(42)39-18-32(19-39)14-22(15-32)41-20(2)27(28-23-16-35-36-25(23)12-24(33)29(28)34)30(37-41)40-7-6-21(13-31(40,3)4)17-38-8-10-43-11-9-38/h5-6,12,16,22H,1,7-11,13-15,17-19H2,2-4H3,(H,35,36). The van der Waals surface area contributed by atoms with Crippen molar-refractivity contribution in [1.29, 1.82) is 0 Å². The van der Waals surface area contributed by atoms with E-state index in [0.717, 1.165) is 105 Å². The summed E-state index contributed by atoms with van der Waals surface area (Å²) in [6.07, 6.45) is 8.54. The second kappa shape index (κ2) is 10.6. The third kappa shape index (κ3) is 4.89. The number of carbonyl (C=O) groups excluding carboxylic acids is 1. The molecule has 11 heteroatoms. The molecule has 2 saturated heterocycles. The average Bonchev–Trinajstić information content (AvgIpc) is 3.52. The van der Waals surface area contributed by atoms with E-state index in [2.05, 4.69) is 58.1 Å². The predicted molar refractivity (Wildman–Crippen MR) is 171 cm³/mol. The normalized spacial score (nSPS) is 22.0. The van der Waals surface area contributed by atoms with Crippen molar-refractivity contribution in [2.45, 2.75) is 51.6 Å². The molecule has 1 N–H and O–H groups in total. The van der Waals surface area contributed by atoms with Crippen LogP contribution >= 0.6 is 23.2 Å². The smallest absolute Gasteiger partial charge is 0.245 e. The number of carbonyl (C=O) groups is 1. The summed E-state index contributed by atoms with van der Waals surface area (Å²) in [5.41, 5.74) is 5.26. The maximum atomic E-state index is 12.1. The van der Waals surface area contributed by atoms with Crippen LogP contribution in [0.2, 0.25) is 10.0 Å². The highest BCUT2D eigenvalue weighted by molar-refractivity contribution is 6.45. The fraction of sp³-hybridized carbons (Fsp3) is 0.531. The van der Waals surface area contributed by atoms with E-state index in [0.29, 0.717) is 10.0 Å². The van der Waals surface area contributed by atoms with Crippen molar-refractivity contribution in [1.82, 2.24) is 29.8 Å². The van der Waals surface area contributed by atoms with Crippen LogP contribution in [0.15, 0.2) is 36.6 Å². The summed E-state index contributed by atoms with van der Waals surface area (Å²) in [4.78, 5) is 18.9. The van der Waals surface area contributed by atoms with Gasteiger partial charge in [0, 0.05) is 72.4 Å². The molecule has 1 amide bonds. The molecule has 1 aromatic carbocycles. The minimum atomic E-state index is -0.169. The van der Waals surface area contributed by atoms with Crippen LogP contribution in [0.1, 0.15) is 44.8 Å². The number of aromatic nitrogens is 4. The first-order valence-electron chi connectivity index (χ1n) is 15.2. The van der Waals surface area contributed by atoms with Crippen molar-refractivity contribution in [2.24, 2.45) is 5.41 Å². The number of fused-ring (bicyclic) bond motifs is 1. The third-order valence-electron chi connectivity index (χ3n) is 9.98. The number of likely N-dealkylation sites (tertiary alicyclic amines) is 1. The number of H-pyrrole nitrogens is 1. The molecule has 0 radical (unpaired) electrons. The topological polar surface area (TPSA) is 82.5 Å². The van der Waals surface area contributed by atoms with Gasteiger partial charge in [-0.3, -0.25) is 19.5 Å². The lowest BCUT2D eigenvalue weighted by molar-refractivity contribution is -0.149. The molecule has 7 rings (SSSR count). The highest BCUT2D eigenvalue weighted by atomic mass is 35.5. The lowest BCUT2D eigenvalue weighted by Gasteiger charge is -2.58. The van der Waals surface area contributed by atoms with E-state index >= 15 is 0 Å². The van der Waals surface area contributed by atoms with Gasteiger partial charge in [-0.2, -0.15) is 10.2 Å². The zero-order chi connectivity index (χ0) is 30.1. The van der Waals surface area contributed by atoms with Gasteiger partial charge in [0.2, 0.25) is 5.91 Å². The zero-order valence-corrected chi connectivity index (χ0v) is 26.6. The van der Waals surface area contributed by atoms with Gasteiger partial charge in [0.25, 0.3) is 0 Å². The molecule has 9 nitrogen and oxygen atoms in total. The third-order valence-corrected chi connectivity index (χ3v) is 10.8. The lowest BCUT2D eigenvalue weighted by Crippen LogP contribution is -2.63. The predicted octanol–water partition coefficient (Wildman–Crippen LogP) is 5.64. The fourth-order valence-corrected chi connectivity index (χ4v) is 8.22. The Labute approximate surface area is 262 Å². The number of hydrogen-bond donors (Lipinski definition) is 1. The first kappa shape index (κ1) is 28.9. The Balaban J connectivity index is 1.26. The van der Waals surface area contributed by atoms with E-state index in [1.807, 2.05) is 17.2 Å². The first-order valence-corrected chi connectivity index (χ1v) is 15.9. The van der Waals surface area contributed by atoms with Gasteiger partial charge in [-0.15, -0.1) is 0 Å². The van der Waals surface area contributed by atoms with Gasteiger partial charge in [-0.25, -0.2) is 0 Å². The summed E-state index contributed by atoms with van der Waals surface area (Å²) in [5.74, 6) is 0.941. The van der Waals surface area contributed by atoms with Crippen molar-refractivity contribution in [2.75, 3.05) is 57.4 Å². The van der Waals surface area contributed by atoms with Crippen LogP contribution in [0.5, 0.6) is 0 Å². The Morgan fingerprint density at radius 1 is 1.21 bits per heavy atom. The molecule has 3 aliphatic heterocycles. The van der Waals surface area contributed by atoms with Gasteiger partial charge in [-0.05, 0) is 52.2 Å². The van der Waals surface area contributed by atoms with Crippen LogP contribution in [-0.2, 0) is 9.53 Å². The molecule has 228 valence electrons. The fourth-order valence-electron chi connectivity index (χ4n) is 7.77. The molecular formula is C32H39Cl2N7O2. The number of nitrogens with one attached hydrogen (secondary N) is 1. The first-order chi connectivity index (χ1) is 20.6.